The van der Waals surface area contributed by atoms with Crippen molar-refractivity contribution >= 4 is 22.5 Å². The zero-order chi connectivity index (χ0) is 14.8. The number of fused-ring (bicyclic) bond motifs is 1. The molecular weight excluding hydrogens is 284 g/mol. The fourth-order valence-electron chi connectivity index (χ4n) is 3.18. The molecule has 3 rings (SSSR count). The zero-order valence-corrected chi connectivity index (χ0v) is 13.0. The summed E-state index contributed by atoms with van der Waals surface area (Å²) < 4.78 is 6.30. The van der Waals surface area contributed by atoms with E-state index in [0.29, 0.717) is 23.4 Å². The molecule has 0 bridgehead atoms. The number of hydrogen-bond donors (Lipinski definition) is 1. The van der Waals surface area contributed by atoms with Crippen molar-refractivity contribution in [3.8, 4) is 5.75 Å². The molecule has 4 heteroatoms. The normalized spacial score (nSPS) is 26.0. The lowest BCUT2D eigenvalue weighted by Gasteiger charge is -2.34. The van der Waals surface area contributed by atoms with Gasteiger partial charge in [0.2, 0.25) is 0 Å². The number of halogens is 1. The van der Waals surface area contributed by atoms with Crippen molar-refractivity contribution in [1.82, 2.24) is 4.98 Å². The zero-order valence-electron chi connectivity index (χ0n) is 12.3. The maximum atomic E-state index is 6.30. The SMILES string of the molecule is CC1CCC(CN)C(Oc2ccc(Cl)c3cccnc23)C1. The van der Waals surface area contributed by atoms with Gasteiger partial charge in [-0.15, -0.1) is 0 Å². The van der Waals surface area contributed by atoms with Gasteiger partial charge in [0.15, 0.2) is 0 Å². The Morgan fingerprint density at radius 1 is 1.33 bits per heavy atom. The molecule has 1 saturated carbocycles. The van der Waals surface area contributed by atoms with Crippen molar-refractivity contribution in [2.24, 2.45) is 17.6 Å². The van der Waals surface area contributed by atoms with Crippen molar-refractivity contribution in [1.29, 1.82) is 0 Å². The molecule has 3 unspecified atom stereocenters. The summed E-state index contributed by atoms with van der Waals surface area (Å²) in [5.74, 6) is 1.92. The number of rotatable bonds is 3. The van der Waals surface area contributed by atoms with Gasteiger partial charge in [-0.1, -0.05) is 24.9 Å². The maximum Gasteiger partial charge on any atom is 0.146 e. The van der Waals surface area contributed by atoms with Crippen LogP contribution in [0.15, 0.2) is 30.5 Å². The average molecular weight is 305 g/mol. The summed E-state index contributed by atoms with van der Waals surface area (Å²) in [6.45, 7) is 2.96. The van der Waals surface area contributed by atoms with Gasteiger partial charge < -0.3 is 10.5 Å². The molecule has 3 atom stereocenters. The van der Waals surface area contributed by atoms with E-state index in [1.165, 1.54) is 6.42 Å². The van der Waals surface area contributed by atoms with Gasteiger partial charge in [-0.2, -0.15) is 0 Å². The van der Waals surface area contributed by atoms with Gasteiger partial charge in [0.25, 0.3) is 0 Å². The van der Waals surface area contributed by atoms with Crippen molar-refractivity contribution in [3.63, 3.8) is 0 Å². The van der Waals surface area contributed by atoms with E-state index in [1.54, 1.807) is 6.20 Å². The second-order valence-electron chi connectivity index (χ2n) is 6.02. The average Bonchev–Trinajstić information content (AvgIpc) is 2.51. The number of nitrogens with two attached hydrogens (primary N) is 1. The summed E-state index contributed by atoms with van der Waals surface area (Å²) in [5, 5.41) is 1.64. The summed E-state index contributed by atoms with van der Waals surface area (Å²) in [6.07, 6.45) is 5.38. The molecule has 0 radical (unpaired) electrons. The quantitative estimate of drug-likeness (QED) is 0.931. The molecule has 3 nitrogen and oxygen atoms in total. The molecular formula is C17H21ClN2O. The molecule has 0 saturated heterocycles. The first-order valence-corrected chi connectivity index (χ1v) is 7.96. The van der Waals surface area contributed by atoms with E-state index in [2.05, 4.69) is 11.9 Å². The molecule has 1 aromatic carbocycles. The van der Waals surface area contributed by atoms with Crippen LogP contribution in [0.5, 0.6) is 5.75 Å². The molecule has 0 spiro atoms. The van der Waals surface area contributed by atoms with Crippen LogP contribution in [0.4, 0.5) is 0 Å². The second-order valence-corrected chi connectivity index (χ2v) is 6.42. The van der Waals surface area contributed by atoms with E-state index in [1.807, 2.05) is 24.3 Å². The highest BCUT2D eigenvalue weighted by molar-refractivity contribution is 6.35. The van der Waals surface area contributed by atoms with Gasteiger partial charge in [-0.05, 0) is 49.6 Å². The monoisotopic (exact) mass is 304 g/mol. The van der Waals surface area contributed by atoms with Gasteiger partial charge in [0, 0.05) is 17.5 Å². The summed E-state index contributed by atoms with van der Waals surface area (Å²) in [5.41, 5.74) is 6.75. The predicted octanol–water partition coefficient (Wildman–Crippen LogP) is 4.03. The standard InChI is InChI=1S/C17H21ClN2O/c1-11-4-5-12(10-19)16(9-11)21-15-7-6-14(18)13-3-2-8-20-17(13)15/h2-3,6-8,11-12,16H,4-5,9-10,19H2,1H3. The third-order valence-electron chi connectivity index (χ3n) is 4.45. The maximum absolute atomic E-state index is 6.30. The first kappa shape index (κ1) is 14.6. The first-order chi connectivity index (χ1) is 10.2. The molecule has 1 aromatic heterocycles. The van der Waals surface area contributed by atoms with E-state index >= 15 is 0 Å². The van der Waals surface area contributed by atoms with Crippen LogP contribution in [0.2, 0.25) is 5.02 Å². The first-order valence-electron chi connectivity index (χ1n) is 7.59. The number of benzene rings is 1. The lowest BCUT2D eigenvalue weighted by Crippen LogP contribution is -2.37. The molecule has 2 N–H and O–H groups in total. The lowest BCUT2D eigenvalue weighted by atomic mass is 9.80. The molecule has 21 heavy (non-hydrogen) atoms. The molecule has 0 aliphatic heterocycles. The fraction of sp³-hybridized carbons (Fsp3) is 0.471. The third kappa shape index (κ3) is 2.99. The van der Waals surface area contributed by atoms with E-state index < -0.39 is 0 Å². The summed E-state index contributed by atoms with van der Waals surface area (Å²) in [6, 6.07) is 7.67. The van der Waals surface area contributed by atoms with Crippen LogP contribution in [-0.2, 0) is 0 Å². The van der Waals surface area contributed by atoms with Gasteiger partial charge in [0.1, 0.15) is 17.4 Å². The smallest absolute Gasteiger partial charge is 0.146 e. The molecule has 2 aromatic rings. The number of hydrogen-bond acceptors (Lipinski definition) is 3. The highest BCUT2D eigenvalue weighted by Gasteiger charge is 2.29. The Bertz CT molecular complexity index is 631. The minimum Gasteiger partial charge on any atom is -0.488 e. The minimum absolute atomic E-state index is 0.171. The second kappa shape index (κ2) is 6.20. The number of nitrogens with zero attached hydrogens (tertiary/aromatic N) is 1. The van der Waals surface area contributed by atoms with Gasteiger partial charge in [-0.25, -0.2) is 0 Å². The Morgan fingerprint density at radius 2 is 2.19 bits per heavy atom. The van der Waals surface area contributed by atoms with Crippen LogP contribution in [0, 0.1) is 11.8 Å². The fourth-order valence-corrected chi connectivity index (χ4v) is 3.39. The molecule has 1 aliphatic rings. The minimum atomic E-state index is 0.171. The molecule has 0 amide bonds. The van der Waals surface area contributed by atoms with E-state index in [9.17, 15) is 0 Å². The van der Waals surface area contributed by atoms with Crippen LogP contribution >= 0.6 is 11.6 Å². The molecule has 112 valence electrons. The van der Waals surface area contributed by atoms with Gasteiger partial charge in [0.05, 0.1) is 5.02 Å². The Labute approximate surface area is 130 Å². The predicted molar refractivity (Wildman–Crippen MR) is 86.7 cm³/mol. The van der Waals surface area contributed by atoms with Crippen LogP contribution in [-0.4, -0.2) is 17.6 Å². The van der Waals surface area contributed by atoms with Crippen LogP contribution in [0.25, 0.3) is 10.9 Å². The lowest BCUT2D eigenvalue weighted by molar-refractivity contribution is 0.0754. The number of ether oxygens (including phenoxy) is 1. The summed E-state index contributed by atoms with van der Waals surface area (Å²) in [4.78, 5) is 4.44. The highest BCUT2D eigenvalue weighted by atomic mass is 35.5. The molecule has 1 fully saturated rings. The van der Waals surface area contributed by atoms with Gasteiger partial charge >= 0.3 is 0 Å². The topological polar surface area (TPSA) is 48.1 Å². The van der Waals surface area contributed by atoms with Crippen LogP contribution in [0.1, 0.15) is 26.2 Å². The van der Waals surface area contributed by atoms with Crippen molar-refractivity contribution in [2.75, 3.05) is 6.54 Å². The van der Waals surface area contributed by atoms with Crippen molar-refractivity contribution in [3.05, 3.63) is 35.5 Å². The van der Waals surface area contributed by atoms with Crippen molar-refractivity contribution < 1.29 is 4.74 Å². The third-order valence-corrected chi connectivity index (χ3v) is 4.78. The summed E-state index contributed by atoms with van der Waals surface area (Å²) >= 11 is 6.24. The Hall–Kier alpha value is -1.32. The summed E-state index contributed by atoms with van der Waals surface area (Å²) in [7, 11) is 0. The van der Waals surface area contributed by atoms with Gasteiger partial charge in [-0.3, -0.25) is 4.98 Å². The van der Waals surface area contributed by atoms with E-state index in [4.69, 9.17) is 22.1 Å². The molecule has 1 aliphatic carbocycles. The Morgan fingerprint density at radius 3 is 3.00 bits per heavy atom. The number of pyridine rings is 1. The Kier molecular flexibility index (Phi) is 4.32. The van der Waals surface area contributed by atoms with Crippen LogP contribution < -0.4 is 10.5 Å². The van der Waals surface area contributed by atoms with Crippen LogP contribution in [0.3, 0.4) is 0 Å². The molecule has 1 heterocycles. The largest absolute Gasteiger partial charge is 0.488 e. The number of aromatic nitrogens is 1. The van der Waals surface area contributed by atoms with E-state index in [-0.39, 0.29) is 6.10 Å². The highest BCUT2D eigenvalue weighted by Crippen LogP contribution is 2.35. The van der Waals surface area contributed by atoms with Crippen molar-refractivity contribution in [2.45, 2.75) is 32.3 Å². The van der Waals surface area contributed by atoms with E-state index in [0.717, 1.165) is 29.5 Å². The Balaban J connectivity index is 1.92.